The summed E-state index contributed by atoms with van der Waals surface area (Å²) in [6.07, 6.45) is 0.566. The Morgan fingerprint density at radius 3 is 3.00 bits per heavy atom. The molecule has 1 N–H and O–H groups in total. The van der Waals surface area contributed by atoms with Crippen LogP contribution in [0.2, 0.25) is 0 Å². The summed E-state index contributed by atoms with van der Waals surface area (Å²) in [6.45, 7) is 2.86. The van der Waals surface area contributed by atoms with Gasteiger partial charge in [-0.3, -0.25) is 0 Å². The third-order valence-electron chi connectivity index (χ3n) is 1.71. The highest BCUT2D eigenvalue weighted by atomic mass is 79.9. The lowest BCUT2D eigenvalue weighted by Crippen LogP contribution is -2.18. The van der Waals surface area contributed by atoms with Crippen LogP contribution < -0.4 is 5.32 Å². The molecule has 1 rings (SSSR count). The van der Waals surface area contributed by atoms with Crippen LogP contribution >= 0.6 is 27.3 Å². The summed E-state index contributed by atoms with van der Waals surface area (Å²) in [5, 5.41) is 11.6. The van der Waals surface area contributed by atoms with Crippen LogP contribution in [0, 0.1) is 11.3 Å². The van der Waals surface area contributed by atoms with Crippen molar-refractivity contribution in [1.82, 2.24) is 5.32 Å². The first-order valence-electron chi connectivity index (χ1n) is 4.09. The summed E-state index contributed by atoms with van der Waals surface area (Å²) in [7, 11) is 0. The molecule has 13 heavy (non-hydrogen) atoms. The molecule has 0 aliphatic carbocycles. The van der Waals surface area contributed by atoms with Gasteiger partial charge in [0.2, 0.25) is 0 Å². The number of hydrogen-bond acceptors (Lipinski definition) is 3. The van der Waals surface area contributed by atoms with E-state index < -0.39 is 0 Å². The minimum Gasteiger partial charge on any atom is -0.308 e. The molecule has 1 aromatic heterocycles. The molecule has 0 amide bonds. The fourth-order valence-corrected chi connectivity index (χ4v) is 2.46. The van der Waals surface area contributed by atoms with Crippen molar-refractivity contribution in [1.29, 1.82) is 5.26 Å². The van der Waals surface area contributed by atoms with Crippen LogP contribution in [0.15, 0.2) is 15.9 Å². The van der Waals surface area contributed by atoms with Crippen LogP contribution in [0.25, 0.3) is 0 Å². The fraction of sp³-hybridized carbons (Fsp3) is 0.444. The molecule has 1 unspecified atom stereocenters. The maximum absolute atomic E-state index is 8.36. The Bertz CT molecular complexity index is 303. The van der Waals surface area contributed by atoms with Gasteiger partial charge < -0.3 is 5.32 Å². The quantitative estimate of drug-likeness (QED) is 0.843. The van der Waals surface area contributed by atoms with E-state index in [1.807, 2.05) is 6.07 Å². The Balaban J connectivity index is 2.40. The first-order chi connectivity index (χ1) is 6.24. The molecule has 1 atom stereocenters. The van der Waals surface area contributed by atoms with E-state index in [1.165, 1.54) is 4.88 Å². The average molecular weight is 259 g/mol. The lowest BCUT2D eigenvalue weighted by Gasteiger charge is -2.09. The smallest absolute Gasteiger partial charge is 0.0701 e. The molecule has 0 saturated heterocycles. The topological polar surface area (TPSA) is 35.8 Å². The van der Waals surface area contributed by atoms with Crippen molar-refractivity contribution in [2.45, 2.75) is 19.4 Å². The number of nitrogens with zero attached hydrogens (tertiary/aromatic N) is 1. The minimum atomic E-state index is 0.338. The zero-order valence-corrected chi connectivity index (χ0v) is 9.78. The summed E-state index contributed by atoms with van der Waals surface area (Å²) >= 11 is 5.15. The molecule has 1 heterocycles. The van der Waals surface area contributed by atoms with Gasteiger partial charge in [-0.05, 0) is 35.0 Å². The summed E-state index contributed by atoms with van der Waals surface area (Å²) in [6, 6.07) is 6.59. The summed E-state index contributed by atoms with van der Waals surface area (Å²) in [4.78, 5) is 1.30. The maximum atomic E-state index is 8.36. The first kappa shape index (κ1) is 10.7. The summed E-state index contributed by atoms with van der Waals surface area (Å²) in [5.41, 5.74) is 0. The number of nitrogens with one attached hydrogen (secondary N) is 1. The number of rotatable bonds is 4. The van der Waals surface area contributed by atoms with E-state index >= 15 is 0 Å². The van der Waals surface area contributed by atoms with Gasteiger partial charge in [-0.2, -0.15) is 5.26 Å². The van der Waals surface area contributed by atoms with Gasteiger partial charge in [-0.25, -0.2) is 0 Å². The highest BCUT2D eigenvalue weighted by molar-refractivity contribution is 9.11. The van der Waals surface area contributed by atoms with Crippen molar-refractivity contribution in [3.05, 3.63) is 20.8 Å². The van der Waals surface area contributed by atoms with Crippen LogP contribution in [0.4, 0.5) is 0 Å². The van der Waals surface area contributed by atoms with Crippen LogP contribution in [0.3, 0.4) is 0 Å². The molecule has 0 spiro atoms. The van der Waals surface area contributed by atoms with Crippen molar-refractivity contribution in [3.63, 3.8) is 0 Å². The molecule has 0 saturated carbocycles. The van der Waals surface area contributed by atoms with E-state index in [0.29, 0.717) is 12.5 Å². The Kier molecular flexibility index (Phi) is 4.43. The van der Waals surface area contributed by atoms with Gasteiger partial charge in [-0.15, -0.1) is 11.3 Å². The van der Waals surface area contributed by atoms with E-state index in [-0.39, 0.29) is 0 Å². The molecule has 0 aromatic carbocycles. The Hall–Kier alpha value is -0.370. The molecular weight excluding hydrogens is 248 g/mol. The van der Waals surface area contributed by atoms with Gasteiger partial charge in [-0.1, -0.05) is 0 Å². The maximum Gasteiger partial charge on any atom is 0.0701 e. The Labute approximate surface area is 90.7 Å². The Morgan fingerprint density at radius 2 is 2.46 bits per heavy atom. The van der Waals surface area contributed by atoms with E-state index in [0.717, 1.165) is 10.3 Å². The van der Waals surface area contributed by atoms with Crippen molar-refractivity contribution >= 4 is 27.3 Å². The van der Waals surface area contributed by atoms with E-state index in [1.54, 1.807) is 11.3 Å². The van der Waals surface area contributed by atoms with E-state index in [9.17, 15) is 0 Å². The molecular formula is C9H11BrN2S. The molecule has 2 nitrogen and oxygen atoms in total. The van der Waals surface area contributed by atoms with Crippen LogP contribution in [-0.2, 0) is 0 Å². The predicted octanol–water partition coefficient (Wildman–Crippen LogP) is 3.07. The molecule has 0 aliphatic heterocycles. The number of thiophene rings is 1. The Morgan fingerprint density at radius 1 is 1.69 bits per heavy atom. The van der Waals surface area contributed by atoms with Crippen molar-refractivity contribution in [3.8, 4) is 6.07 Å². The van der Waals surface area contributed by atoms with Gasteiger partial charge in [0.25, 0.3) is 0 Å². The molecule has 0 bridgehead atoms. The zero-order chi connectivity index (χ0) is 9.68. The van der Waals surface area contributed by atoms with Crippen LogP contribution in [0.5, 0.6) is 0 Å². The fourth-order valence-electron chi connectivity index (χ4n) is 1.01. The van der Waals surface area contributed by atoms with E-state index in [2.05, 4.69) is 40.3 Å². The lowest BCUT2D eigenvalue weighted by molar-refractivity contribution is 0.591. The van der Waals surface area contributed by atoms with Gasteiger partial charge in [0.15, 0.2) is 0 Å². The van der Waals surface area contributed by atoms with E-state index in [4.69, 9.17) is 5.26 Å². The lowest BCUT2D eigenvalue weighted by atomic mass is 10.2. The normalized spacial score (nSPS) is 12.4. The number of halogens is 1. The summed E-state index contributed by atoms with van der Waals surface area (Å²) in [5.74, 6) is 0. The molecule has 1 aromatic rings. The van der Waals surface area contributed by atoms with Crippen LogP contribution in [0.1, 0.15) is 24.3 Å². The van der Waals surface area contributed by atoms with Crippen molar-refractivity contribution < 1.29 is 0 Å². The average Bonchev–Trinajstić information content (AvgIpc) is 2.52. The zero-order valence-electron chi connectivity index (χ0n) is 7.38. The third kappa shape index (κ3) is 3.47. The number of hydrogen-bond donors (Lipinski definition) is 1. The standard InChI is InChI=1S/C9H11BrN2S/c1-7(12-6-2-5-11)8-3-4-9(10)13-8/h3-4,7,12H,2,6H2,1H3. The molecule has 0 aliphatic rings. The highest BCUT2D eigenvalue weighted by Gasteiger charge is 2.06. The summed E-state index contributed by atoms with van der Waals surface area (Å²) < 4.78 is 1.15. The molecule has 70 valence electrons. The second-order valence-electron chi connectivity index (χ2n) is 2.73. The molecule has 0 radical (unpaired) electrons. The van der Waals surface area contributed by atoms with Gasteiger partial charge in [0.1, 0.15) is 0 Å². The largest absolute Gasteiger partial charge is 0.308 e. The minimum absolute atomic E-state index is 0.338. The second-order valence-corrected chi connectivity index (χ2v) is 5.22. The number of nitriles is 1. The molecule has 0 fully saturated rings. The second kappa shape index (κ2) is 5.38. The monoisotopic (exact) mass is 258 g/mol. The highest BCUT2D eigenvalue weighted by Crippen LogP contribution is 2.26. The predicted molar refractivity (Wildman–Crippen MR) is 58.7 cm³/mol. The van der Waals surface area contributed by atoms with Crippen LogP contribution in [-0.4, -0.2) is 6.54 Å². The first-order valence-corrected chi connectivity index (χ1v) is 5.70. The van der Waals surface area contributed by atoms with Gasteiger partial charge >= 0.3 is 0 Å². The van der Waals surface area contributed by atoms with Crippen molar-refractivity contribution in [2.24, 2.45) is 0 Å². The van der Waals surface area contributed by atoms with Crippen molar-refractivity contribution in [2.75, 3.05) is 6.54 Å². The van der Waals surface area contributed by atoms with Gasteiger partial charge in [0.05, 0.1) is 9.86 Å². The SMILES string of the molecule is CC(NCCC#N)c1ccc(Br)s1. The third-order valence-corrected chi connectivity index (χ3v) is 3.51. The van der Waals surface area contributed by atoms with Gasteiger partial charge in [0, 0.05) is 23.9 Å². The molecule has 4 heteroatoms.